The molecule has 0 aliphatic heterocycles. The van der Waals surface area contributed by atoms with Crippen LogP contribution in [0, 0.1) is 11.3 Å². The molecule has 80 valence electrons. The Morgan fingerprint density at radius 3 is 3.06 bits per heavy atom. The molecule has 0 fully saturated rings. The normalized spacial score (nSPS) is 9.69. The number of hydrogen-bond acceptors (Lipinski definition) is 4. The van der Waals surface area contributed by atoms with Crippen LogP contribution in [0.4, 0.5) is 5.82 Å². The topological polar surface area (TPSA) is 66.5 Å². The van der Waals surface area contributed by atoms with Crippen LogP contribution in [0.25, 0.3) is 0 Å². The van der Waals surface area contributed by atoms with Gasteiger partial charge in [-0.3, -0.25) is 4.68 Å². The fourth-order valence-corrected chi connectivity index (χ4v) is 1.36. The first-order chi connectivity index (χ1) is 7.90. The van der Waals surface area contributed by atoms with E-state index >= 15 is 0 Å². The van der Waals surface area contributed by atoms with Gasteiger partial charge in [0, 0.05) is 25.1 Å². The largest absolute Gasteiger partial charge is 0.367 e. The second-order valence-electron chi connectivity index (χ2n) is 3.21. The molecule has 0 amide bonds. The zero-order valence-corrected chi connectivity index (χ0v) is 8.67. The highest BCUT2D eigenvalue weighted by Gasteiger charge is 2.00. The lowest BCUT2D eigenvalue weighted by Gasteiger charge is -2.06. The highest BCUT2D eigenvalue weighted by atomic mass is 15.3. The summed E-state index contributed by atoms with van der Waals surface area (Å²) in [6.07, 6.45) is 5.30. The van der Waals surface area contributed by atoms with E-state index in [0.717, 1.165) is 6.54 Å². The fraction of sp³-hybridized carbons (Fsp3) is 0.182. The quantitative estimate of drug-likeness (QED) is 0.830. The molecule has 0 unspecified atom stereocenters. The molecule has 0 aliphatic rings. The lowest BCUT2D eigenvalue weighted by Crippen LogP contribution is -2.12. The van der Waals surface area contributed by atoms with E-state index < -0.39 is 0 Å². The van der Waals surface area contributed by atoms with Gasteiger partial charge in [-0.1, -0.05) is 0 Å². The first-order valence-electron chi connectivity index (χ1n) is 4.96. The zero-order valence-electron chi connectivity index (χ0n) is 8.67. The molecule has 0 saturated carbocycles. The highest BCUT2D eigenvalue weighted by molar-refractivity contribution is 5.50. The number of nitrogens with zero attached hydrogens (tertiary/aromatic N) is 4. The summed E-state index contributed by atoms with van der Waals surface area (Å²) in [5.41, 5.74) is 0.558. The van der Waals surface area contributed by atoms with E-state index in [1.807, 2.05) is 16.9 Å². The molecule has 0 bridgehead atoms. The van der Waals surface area contributed by atoms with Crippen LogP contribution in [-0.4, -0.2) is 21.3 Å². The Balaban J connectivity index is 1.93. The Kier molecular flexibility index (Phi) is 3.14. The Hall–Kier alpha value is -2.35. The maximum absolute atomic E-state index is 8.85. The number of nitrogens with one attached hydrogen (secondary N) is 1. The molecule has 0 aliphatic carbocycles. The summed E-state index contributed by atoms with van der Waals surface area (Å²) in [7, 11) is 0. The lowest BCUT2D eigenvalue weighted by atomic mass is 10.3. The van der Waals surface area contributed by atoms with Crippen LogP contribution in [0.5, 0.6) is 0 Å². The number of aromatic nitrogens is 3. The highest BCUT2D eigenvalue weighted by Crippen LogP contribution is 2.08. The standard InChI is InChI=1S/C11H11N5/c12-9-10-3-1-4-13-11(10)14-6-8-16-7-2-5-15-16/h1-5,7H,6,8H2,(H,13,14). The molecule has 1 N–H and O–H groups in total. The van der Waals surface area contributed by atoms with Crippen LogP contribution < -0.4 is 5.32 Å². The van der Waals surface area contributed by atoms with Gasteiger partial charge in [-0.2, -0.15) is 10.4 Å². The molecule has 2 heterocycles. The molecule has 0 radical (unpaired) electrons. The van der Waals surface area contributed by atoms with Gasteiger partial charge in [0.1, 0.15) is 11.9 Å². The van der Waals surface area contributed by atoms with Crippen LogP contribution in [0.15, 0.2) is 36.8 Å². The van der Waals surface area contributed by atoms with Gasteiger partial charge in [0.05, 0.1) is 12.1 Å². The Morgan fingerprint density at radius 2 is 2.31 bits per heavy atom. The number of hydrogen-bond donors (Lipinski definition) is 1. The van der Waals surface area contributed by atoms with Gasteiger partial charge in [0.2, 0.25) is 0 Å². The van der Waals surface area contributed by atoms with E-state index in [1.54, 1.807) is 24.5 Å². The summed E-state index contributed by atoms with van der Waals surface area (Å²) >= 11 is 0. The van der Waals surface area contributed by atoms with Gasteiger partial charge in [-0.05, 0) is 18.2 Å². The van der Waals surface area contributed by atoms with Crippen molar-refractivity contribution in [2.45, 2.75) is 6.54 Å². The van der Waals surface area contributed by atoms with E-state index in [9.17, 15) is 0 Å². The second kappa shape index (κ2) is 4.94. The summed E-state index contributed by atoms with van der Waals surface area (Å²) in [6, 6.07) is 7.45. The first kappa shape index (κ1) is 10.2. The van der Waals surface area contributed by atoms with Gasteiger partial charge < -0.3 is 5.32 Å². The number of anilines is 1. The van der Waals surface area contributed by atoms with E-state index in [2.05, 4.69) is 21.5 Å². The van der Waals surface area contributed by atoms with Crippen molar-refractivity contribution < 1.29 is 0 Å². The molecule has 2 aromatic heterocycles. The summed E-state index contributed by atoms with van der Waals surface area (Å²) < 4.78 is 1.82. The van der Waals surface area contributed by atoms with E-state index in [-0.39, 0.29) is 0 Å². The van der Waals surface area contributed by atoms with Crippen molar-refractivity contribution in [3.05, 3.63) is 42.4 Å². The van der Waals surface area contributed by atoms with Gasteiger partial charge in [-0.15, -0.1) is 0 Å². The molecule has 0 spiro atoms. The first-order valence-corrected chi connectivity index (χ1v) is 4.96. The minimum Gasteiger partial charge on any atom is -0.367 e. The minimum absolute atomic E-state index is 0.558. The van der Waals surface area contributed by atoms with Crippen LogP contribution in [0.1, 0.15) is 5.56 Å². The average molecular weight is 213 g/mol. The number of rotatable bonds is 4. The molecule has 2 rings (SSSR count). The molecule has 5 heteroatoms. The molecule has 5 nitrogen and oxygen atoms in total. The predicted molar refractivity (Wildman–Crippen MR) is 59.7 cm³/mol. The summed E-state index contributed by atoms with van der Waals surface area (Å²) in [4.78, 5) is 4.11. The third-order valence-corrected chi connectivity index (χ3v) is 2.12. The molecule has 0 atom stereocenters. The van der Waals surface area contributed by atoms with Crippen molar-refractivity contribution in [3.8, 4) is 6.07 Å². The van der Waals surface area contributed by atoms with Crippen molar-refractivity contribution >= 4 is 5.82 Å². The van der Waals surface area contributed by atoms with Crippen LogP contribution in [0.2, 0.25) is 0 Å². The fourth-order valence-electron chi connectivity index (χ4n) is 1.36. The molecule has 16 heavy (non-hydrogen) atoms. The van der Waals surface area contributed by atoms with Crippen molar-refractivity contribution in [1.29, 1.82) is 5.26 Å². The van der Waals surface area contributed by atoms with E-state index in [1.165, 1.54) is 0 Å². The lowest BCUT2D eigenvalue weighted by molar-refractivity contribution is 0.637. The van der Waals surface area contributed by atoms with Crippen molar-refractivity contribution in [2.24, 2.45) is 0 Å². The Bertz CT molecular complexity index is 483. The maximum Gasteiger partial charge on any atom is 0.143 e. The molecule has 0 saturated heterocycles. The maximum atomic E-state index is 8.85. The van der Waals surface area contributed by atoms with Crippen molar-refractivity contribution in [3.63, 3.8) is 0 Å². The third kappa shape index (κ3) is 2.36. The SMILES string of the molecule is N#Cc1cccnc1NCCn1cccn1. The second-order valence-corrected chi connectivity index (χ2v) is 3.21. The van der Waals surface area contributed by atoms with Gasteiger partial charge in [-0.25, -0.2) is 4.98 Å². The van der Waals surface area contributed by atoms with E-state index in [4.69, 9.17) is 5.26 Å². The van der Waals surface area contributed by atoms with Crippen LogP contribution in [0.3, 0.4) is 0 Å². The average Bonchev–Trinajstić information content (AvgIpc) is 2.83. The summed E-state index contributed by atoms with van der Waals surface area (Å²) in [6.45, 7) is 1.43. The number of pyridine rings is 1. The van der Waals surface area contributed by atoms with Gasteiger partial charge in [0.25, 0.3) is 0 Å². The minimum atomic E-state index is 0.558. The molecular formula is C11H11N5. The third-order valence-electron chi connectivity index (χ3n) is 2.12. The molecule has 2 aromatic rings. The van der Waals surface area contributed by atoms with Crippen molar-refractivity contribution in [1.82, 2.24) is 14.8 Å². The zero-order chi connectivity index (χ0) is 11.2. The van der Waals surface area contributed by atoms with E-state index in [0.29, 0.717) is 17.9 Å². The van der Waals surface area contributed by atoms with Crippen molar-refractivity contribution in [2.75, 3.05) is 11.9 Å². The smallest absolute Gasteiger partial charge is 0.143 e. The van der Waals surface area contributed by atoms with Crippen LogP contribution in [-0.2, 0) is 6.54 Å². The Morgan fingerprint density at radius 1 is 1.38 bits per heavy atom. The van der Waals surface area contributed by atoms with Gasteiger partial charge in [0.15, 0.2) is 0 Å². The number of nitriles is 1. The summed E-state index contributed by atoms with van der Waals surface area (Å²) in [5, 5.41) is 16.0. The predicted octanol–water partition coefficient (Wildman–Crippen LogP) is 1.26. The Labute approximate surface area is 93.4 Å². The monoisotopic (exact) mass is 213 g/mol. The summed E-state index contributed by atoms with van der Waals surface area (Å²) in [5.74, 6) is 0.622. The van der Waals surface area contributed by atoms with Gasteiger partial charge >= 0.3 is 0 Å². The molecule has 0 aromatic carbocycles. The molecular weight excluding hydrogens is 202 g/mol. The van der Waals surface area contributed by atoms with Crippen LogP contribution >= 0.6 is 0 Å².